The number of aryl methyl sites for hydroxylation is 1. The second kappa shape index (κ2) is 4.09. The highest BCUT2D eigenvalue weighted by Crippen LogP contribution is 2.41. The van der Waals surface area contributed by atoms with Crippen LogP contribution in [0.15, 0.2) is 12.1 Å². The maximum absolute atomic E-state index is 4.90. The first-order chi connectivity index (χ1) is 8.21. The second-order valence-corrected chi connectivity index (χ2v) is 5.95. The summed E-state index contributed by atoms with van der Waals surface area (Å²) < 4.78 is 0. The smallest absolute Gasteiger partial charge is 0.0445 e. The van der Waals surface area contributed by atoms with Gasteiger partial charge in [-0.2, -0.15) is 0 Å². The number of pyridine rings is 1. The molecule has 1 aromatic rings. The molecule has 0 aromatic carbocycles. The topological polar surface area (TPSA) is 24.9 Å². The van der Waals surface area contributed by atoms with Crippen molar-refractivity contribution in [2.45, 2.75) is 50.9 Å². The lowest BCUT2D eigenvalue weighted by atomic mass is 9.71. The van der Waals surface area contributed by atoms with Crippen LogP contribution in [0, 0.1) is 0 Å². The van der Waals surface area contributed by atoms with Gasteiger partial charge in [-0.3, -0.25) is 4.98 Å². The highest BCUT2D eigenvalue weighted by Gasteiger charge is 2.39. The SMILES string of the molecule is CC(C)c1ccc2c(n1)CCC[C@@]21CCNC1. The van der Waals surface area contributed by atoms with Crippen LogP contribution in [0.4, 0.5) is 0 Å². The highest BCUT2D eigenvalue weighted by atomic mass is 14.9. The molecule has 92 valence electrons. The van der Waals surface area contributed by atoms with E-state index in [2.05, 4.69) is 31.3 Å². The van der Waals surface area contributed by atoms with Gasteiger partial charge >= 0.3 is 0 Å². The third kappa shape index (κ3) is 1.79. The van der Waals surface area contributed by atoms with E-state index < -0.39 is 0 Å². The largest absolute Gasteiger partial charge is 0.316 e. The molecular weight excluding hydrogens is 208 g/mol. The molecule has 1 spiro atoms. The summed E-state index contributed by atoms with van der Waals surface area (Å²) in [6.45, 7) is 6.78. The minimum atomic E-state index is 0.413. The van der Waals surface area contributed by atoms with Crippen LogP contribution in [0.3, 0.4) is 0 Å². The quantitative estimate of drug-likeness (QED) is 0.802. The predicted octanol–water partition coefficient (Wildman–Crippen LogP) is 2.77. The first kappa shape index (κ1) is 11.2. The van der Waals surface area contributed by atoms with Gasteiger partial charge in [-0.15, -0.1) is 0 Å². The second-order valence-electron chi connectivity index (χ2n) is 5.95. The van der Waals surface area contributed by atoms with Crippen LogP contribution in [0.2, 0.25) is 0 Å². The summed E-state index contributed by atoms with van der Waals surface area (Å²) in [5.74, 6) is 0.542. The molecule has 1 aromatic heterocycles. The Balaban J connectivity index is 2.04. The van der Waals surface area contributed by atoms with Crippen molar-refractivity contribution in [3.8, 4) is 0 Å². The maximum Gasteiger partial charge on any atom is 0.0445 e. The van der Waals surface area contributed by atoms with Gasteiger partial charge in [0.05, 0.1) is 0 Å². The first-order valence-corrected chi connectivity index (χ1v) is 6.92. The fraction of sp³-hybridized carbons (Fsp3) is 0.667. The van der Waals surface area contributed by atoms with E-state index in [0.29, 0.717) is 11.3 Å². The molecule has 0 bridgehead atoms. The predicted molar refractivity (Wildman–Crippen MR) is 70.4 cm³/mol. The lowest BCUT2D eigenvalue weighted by Crippen LogP contribution is -2.33. The van der Waals surface area contributed by atoms with Crippen LogP contribution in [-0.4, -0.2) is 18.1 Å². The number of rotatable bonds is 1. The summed E-state index contributed by atoms with van der Waals surface area (Å²) in [7, 11) is 0. The molecule has 2 nitrogen and oxygen atoms in total. The van der Waals surface area contributed by atoms with E-state index in [0.717, 1.165) is 6.54 Å². The zero-order chi connectivity index (χ0) is 11.9. The van der Waals surface area contributed by atoms with Crippen LogP contribution in [0.5, 0.6) is 0 Å². The Bertz CT molecular complexity index is 417. The van der Waals surface area contributed by atoms with Crippen LogP contribution < -0.4 is 5.32 Å². The number of aromatic nitrogens is 1. The number of fused-ring (bicyclic) bond motifs is 2. The third-order valence-electron chi connectivity index (χ3n) is 4.47. The summed E-state index contributed by atoms with van der Waals surface area (Å²) in [6.07, 6.45) is 5.12. The molecule has 0 radical (unpaired) electrons. The Kier molecular flexibility index (Phi) is 2.70. The van der Waals surface area contributed by atoms with Crippen LogP contribution in [0.25, 0.3) is 0 Å². The van der Waals surface area contributed by atoms with Gasteiger partial charge in [0, 0.05) is 23.3 Å². The van der Waals surface area contributed by atoms with Gasteiger partial charge in [0.1, 0.15) is 0 Å². The standard InChI is InChI=1S/C15H22N2/c1-11(2)13-6-5-12-14(17-13)4-3-7-15(12)8-9-16-10-15/h5-6,11,16H,3-4,7-10H2,1-2H3/t15-/m0/s1. The molecule has 1 N–H and O–H groups in total. The zero-order valence-corrected chi connectivity index (χ0v) is 10.9. The Labute approximate surface area is 104 Å². The van der Waals surface area contributed by atoms with Crippen molar-refractivity contribution < 1.29 is 0 Å². The fourth-order valence-electron chi connectivity index (χ4n) is 3.43. The molecule has 1 aliphatic carbocycles. The molecule has 1 saturated heterocycles. The molecule has 1 aliphatic heterocycles. The van der Waals surface area contributed by atoms with E-state index in [4.69, 9.17) is 4.98 Å². The normalized spacial score (nSPS) is 27.7. The van der Waals surface area contributed by atoms with Gasteiger partial charge in [0.25, 0.3) is 0 Å². The molecule has 0 amide bonds. The van der Waals surface area contributed by atoms with Gasteiger partial charge in [0.15, 0.2) is 0 Å². The van der Waals surface area contributed by atoms with Crippen molar-refractivity contribution in [2.24, 2.45) is 0 Å². The average molecular weight is 230 g/mol. The molecule has 1 atom stereocenters. The van der Waals surface area contributed by atoms with Gasteiger partial charge < -0.3 is 5.32 Å². The lowest BCUT2D eigenvalue weighted by Gasteiger charge is -2.34. The van der Waals surface area contributed by atoms with Crippen molar-refractivity contribution in [2.75, 3.05) is 13.1 Å². The Morgan fingerprint density at radius 2 is 2.18 bits per heavy atom. The van der Waals surface area contributed by atoms with Gasteiger partial charge in [-0.25, -0.2) is 0 Å². The van der Waals surface area contributed by atoms with Crippen molar-refractivity contribution >= 4 is 0 Å². The third-order valence-corrected chi connectivity index (χ3v) is 4.47. The maximum atomic E-state index is 4.90. The van der Waals surface area contributed by atoms with E-state index >= 15 is 0 Å². The Hall–Kier alpha value is -0.890. The minimum Gasteiger partial charge on any atom is -0.316 e. The average Bonchev–Trinajstić information content (AvgIpc) is 2.78. The monoisotopic (exact) mass is 230 g/mol. The Morgan fingerprint density at radius 3 is 2.88 bits per heavy atom. The summed E-state index contributed by atoms with van der Waals surface area (Å²) in [5, 5.41) is 3.53. The lowest BCUT2D eigenvalue weighted by molar-refractivity contribution is 0.387. The summed E-state index contributed by atoms with van der Waals surface area (Å²) >= 11 is 0. The molecule has 2 aliphatic rings. The van der Waals surface area contributed by atoms with E-state index in [-0.39, 0.29) is 0 Å². The van der Waals surface area contributed by atoms with Gasteiger partial charge in [-0.1, -0.05) is 19.9 Å². The molecule has 1 fully saturated rings. The van der Waals surface area contributed by atoms with E-state index in [1.165, 1.54) is 49.2 Å². The van der Waals surface area contributed by atoms with Gasteiger partial charge in [-0.05, 0) is 49.8 Å². The number of nitrogens with one attached hydrogen (secondary N) is 1. The molecule has 2 heteroatoms. The van der Waals surface area contributed by atoms with Crippen LogP contribution in [0.1, 0.15) is 56.0 Å². The van der Waals surface area contributed by atoms with E-state index in [9.17, 15) is 0 Å². The number of nitrogens with zero attached hydrogens (tertiary/aromatic N) is 1. The fourth-order valence-corrected chi connectivity index (χ4v) is 3.43. The van der Waals surface area contributed by atoms with Gasteiger partial charge in [0.2, 0.25) is 0 Å². The summed E-state index contributed by atoms with van der Waals surface area (Å²) in [5.41, 5.74) is 4.59. The van der Waals surface area contributed by atoms with E-state index in [1.807, 2.05) is 0 Å². The molecule has 0 saturated carbocycles. The van der Waals surface area contributed by atoms with Crippen molar-refractivity contribution in [3.63, 3.8) is 0 Å². The first-order valence-electron chi connectivity index (χ1n) is 6.92. The van der Waals surface area contributed by atoms with E-state index in [1.54, 1.807) is 0 Å². The Morgan fingerprint density at radius 1 is 1.29 bits per heavy atom. The molecule has 17 heavy (non-hydrogen) atoms. The van der Waals surface area contributed by atoms with Crippen molar-refractivity contribution in [3.05, 3.63) is 29.1 Å². The van der Waals surface area contributed by atoms with Crippen molar-refractivity contribution in [1.82, 2.24) is 10.3 Å². The molecule has 0 unspecified atom stereocenters. The zero-order valence-electron chi connectivity index (χ0n) is 10.9. The number of hydrogen-bond acceptors (Lipinski definition) is 2. The summed E-state index contributed by atoms with van der Waals surface area (Å²) in [6, 6.07) is 4.61. The molecule has 3 rings (SSSR count). The summed E-state index contributed by atoms with van der Waals surface area (Å²) in [4.78, 5) is 4.90. The molecular formula is C15H22N2. The number of hydrogen-bond donors (Lipinski definition) is 1. The molecule has 2 heterocycles. The van der Waals surface area contributed by atoms with Crippen LogP contribution >= 0.6 is 0 Å². The highest BCUT2D eigenvalue weighted by molar-refractivity contribution is 5.35. The van der Waals surface area contributed by atoms with Crippen molar-refractivity contribution in [1.29, 1.82) is 0 Å². The van der Waals surface area contributed by atoms with Crippen LogP contribution in [-0.2, 0) is 11.8 Å². The minimum absolute atomic E-state index is 0.413.